The fourth-order valence-corrected chi connectivity index (χ4v) is 3.57. The zero-order valence-electron chi connectivity index (χ0n) is 13.5. The first-order valence-corrected chi connectivity index (χ1v) is 9.37. The van der Waals surface area contributed by atoms with Gasteiger partial charge in [0.2, 0.25) is 0 Å². The number of carbonyl (C=O) groups excluding carboxylic acids is 1. The molecule has 1 aliphatic heterocycles. The molecule has 1 fully saturated rings. The Hall–Kier alpha value is -1.89. The summed E-state index contributed by atoms with van der Waals surface area (Å²) in [5.74, 6) is -1.44. The van der Waals surface area contributed by atoms with Crippen LogP contribution in [0.15, 0.2) is 17.0 Å². The van der Waals surface area contributed by atoms with Gasteiger partial charge in [-0.2, -0.15) is 0 Å². The predicted molar refractivity (Wildman–Crippen MR) is 85.3 cm³/mol. The Balaban J connectivity index is 2.50. The van der Waals surface area contributed by atoms with Crippen molar-refractivity contribution in [3.63, 3.8) is 0 Å². The molecule has 1 N–H and O–H groups in total. The molecule has 6 nitrogen and oxygen atoms in total. The third-order valence-corrected chi connectivity index (χ3v) is 5.44. The van der Waals surface area contributed by atoms with Crippen LogP contribution < -0.4 is 0 Å². The fourth-order valence-electron chi connectivity index (χ4n) is 2.85. The Kier molecular flexibility index (Phi) is 4.79. The maximum absolute atomic E-state index is 12.8. The Morgan fingerprint density at radius 1 is 1.22 bits per heavy atom. The van der Waals surface area contributed by atoms with Gasteiger partial charge in [-0.05, 0) is 56.4 Å². The number of amides is 1. The number of likely N-dealkylation sites (tertiary alicyclic amines) is 1. The van der Waals surface area contributed by atoms with E-state index in [4.69, 9.17) is 0 Å². The van der Waals surface area contributed by atoms with Crippen molar-refractivity contribution in [3.8, 4) is 0 Å². The summed E-state index contributed by atoms with van der Waals surface area (Å²) in [6, 6.07) is 2.04. The molecular weight excluding hydrogens is 318 g/mol. The van der Waals surface area contributed by atoms with Gasteiger partial charge in [0.05, 0.1) is 4.90 Å². The molecule has 23 heavy (non-hydrogen) atoms. The number of carboxylic acid groups (broad SMARTS) is 1. The largest absolute Gasteiger partial charge is 0.480 e. The van der Waals surface area contributed by atoms with E-state index in [2.05, 4.69) is 0 Å². The molecule has 0 spiro atoms. The minimum Gasteiger partial charge on any atom is -0.480 e. The summed E-state index contributed by atoms with van der Waals surface area (Å²) in [5.41, 5.74) is 1.64. The van der Waals surface area contributed by atoms with Crippen molar-refractivity contribution in [1.29, 1.82) is 0 Å². The van der Waals surface area contributed by atoms with Crippen molar-refractivity contribution in [3.05, 3.63) is 28.8 Å². The molecule has 1 heterocycles. The summed E-state index contributed by atoms with van der Waals surface area (Å²) in [6.45, 7) is 3.86. The summed E-state index contributed by atoms with van der Waals surface area (Å²) >= 11 is 0. The van der Waals surface area contributed by atoms with Crippen LogP contribution in [-0.2, 0) is 14.6 Å². The highest BCUT2D eigenvalue weighted by molar-refractivity contribution is 7.90. The SMILES string of the molecule is Cc1cc(S(C)(=O)=O)cc(C(=O)N2CCCC[C@@H]2C(=O)O)c1C. The molecule has 1 atom stereocenters. The van der Waals surface area contributed by atoms with Crippen molar-refractivity contribution in [2.45, 2.75) is 44.0 Å². The molecule has 1 aliphatic rings. The number of hydrogen-bond donors (Lipinski definition) is 1. The normalized spacial score (nSPS) is 18.7. The van der Waals surface area contributed by atoms with E-state index >= 15 is 0 Å². The van der Waals surface area contributed by atoms with Gasteiger partial charge in [0.15, 0.2) is 9.84 Å². The number of sulfone groups is 1. The number of rotatable bonds is 3. The van der Waals surface area contributed by atoms with Gasteiger partial charge in [0, 0.05) is 18.4 Å². The van der Waals surface area contributed by atoms with Crippen molar-refractivity contribution < 1.29 is 23.1 Å². The molecule has 1 amide bonds. The summed E-state index contributed by atoms with van der Waals surface area (Å²) in [5, 5.41) is 9.32. The van der Waals surface area contributed by atoms with Crippen molar-refractivity contribution in [2.24, 2.45) is 0 Å². The van der Waals surface area contributed by atoms with Crippen LogP contribution in [-0.4, -0.2) is 49.1 Å². The van der Waals surface area contributed by atoms with Crippen LogP contribution in [0.25, 0.3) is 0 Å². The first kappa shape index (κ1) is 17.5. The quantitative estimate of drug-likeness (QED) is 0.906. The maximum atomic E-state index is 12.8. The van der Waals surface area contributed by atoms with Crippen molar-refractivity contribution >= 4 is 21.7 Å². The van der Waals surface area contributed by atoms with Crippen LogP contribution in [0.4, 0.5) is 0 Å². The molecule has 1 aromatic carbocycles. The third kappa shape index (κ3) is 3.55. The Morgan fingerprint density at radius 2 is 1.87 bits per heavy atom. The van der Waals surface area contributed by atoms with Crippen LogP contribution in [0.1, 0.15) is 40.7 Å². The molecule has 7 heteroatoms. The van der Waals surface area contributed by atoms with Crippen LogP contribution in [0.5, 0.6) is 0 Å². The topological polar surface area (TPSA) is 91.8 Å². The Bertz CT molecular complexity index is 754. The molecule has 0 aromatic heterocycles. The summed E-state index contributed by atoms with van der Waals surface area (Å²) in [7, 11) is -3.45. The molecule has 2 rings (SSSR count). The van der Waals surface area contributed by atoms with E-state index in [-0.39, 0.29) is 10.5 Å². The van der Waals surface area contributed by atoms with Crippen molar-refractivity contribution in [2.75, 3.05) is 12.8 Å². The summed E-state index contributed by atoms with van der Waals surface area (Å²) in [4.78, 5) is 25.6. The Labute approximate surface area is 136 Å². The number of benzene rings is 1. The lowest BCUT2D eigenvalue weighted by atomic mass is 9.98. The van der Waals surface area contributed by atoms with Gasteiger partial charge in [0.25, 0.3) is 5.91 Å². The van der Waals surface area contributed by atoms with Crippen molar-refractivity contribution in [1.82, 2.24) is 4.90 Å². The fraction of sp³-hybridized carbons (Fsp3) is 0.500. The monoisotopic (exact) mass is 339 g/mol. The number of nitrogens with zero attached hydrogens (tertiary/aromatic N) is 1. The van der Waals surface area contributed by atoms with E-state index in [0.29, 0.717) is 24.1 Å². The van der Waals surface area contributed by atoms with Gasteiger partial charge in [-0.1, -0.05) is 0 Å². The van der Waals surface area contributed by atoms with Crippen LogP contribution in [0.2, 0.25) is 0 Å². The number of piperidine rings is 1. The lowest BCUT2D eigenvalue weighted by molar-refractivity contribution is -0.143. The van der Waals surface area contributed by atoms with E-state index in [1.807, 2.05) is 0 Å². The summed E-state index contributed by atoms with van der Waals surface area (Å²) in [6.07, 6.45) is 3.03. The lowest BCUT2D eigenvalue weighted by Gasteiger charge is -2.33. The average Bonchev–Trinajstić information content (AvgIpc) is 2.48. The van der Waals surface area contributed by atoms with Gasteiger partial charge in [0.1, 0.15) is 6.04 Å². The molecule has 0 aliphatic carbocycles. The third-order valence-electron chi connectivity index (χ3n) is 4.35. The molecule has 0 bridgehead atoms. The second-order valence-electron chi connectivity index (χ2n) is 6.03. The van der Waals surface area contributed by atoms with Gasteiger partial charge in [-0.25, -0.2) is 13.2 Å². The highest BCUT2D eigenvalue weighted by Gasteiger charge is 2.33. The van der Waals surface area contributed by atoms with Gasteiger partial charge >= 0.3 is 5.97 Å². The summed E-state index contributed by atoms with van der Waals surface area (Å²) < 4.78 is 23.6. The molecular formula is C16H21NO5S. The smallest absolute Gasteiger partial charge is 0.326 e. The van der Waals surface area contributed by atoms with E-state index < -0.39 is 27.8 Å². The first-order chi connectivity index (χ1) is 10.6. The van der Waals surface area contributed by atoms with E-state index in [9.17, 15) is 23.1 Å². The van der Waals surface area contributed by atoms with E-state index in [0.717, 1.165) is 19.1 Å². The van der Waals surface area contributed by atoms with Crippen LogP contribution in [0.3, 0.4) is 0 Å². The average molecular weight is 339 g/mol. The number of carbonyl (C=O) groups is 2. The maximum Gasteiger partial charge on any atom is 0.326 e. The van der Waals surface area contributed by atoms with E-state index in [1.54, 1.807) is 13.8 Å². The predicted octanol–water partition coefficient (Wildman–Crippen LogP) is 1.79. The second kappa shape index (κ2) is 6.31. The standard InChI is InChI=1S/C16H21NO5S/c1-10-8-12(23(3,21)22)9-13(11(10)2)15(18)17-7-5-4-6-14(17)16(19)20/h8-9,14H,4-7H2,1-3H3,(H,19,20)/t14-/m1/s1. The molecule has 0 saturated carbocycles. The minimum atomic E-state index is -3.45. The van der Waals surface area contributed by atoms with E-state index in [1.165, 1.54) is 17.0 Å². The first-order valence-electron chi connectivity index (χ1n) is 7.48. The molecule has 0 radical (unpaired) electrons. The number of hydrogen-bond acceptors (Lipinski definition) is 4. The minimum absolute atomic E-state index is 0.0767. The zero-order valence-corrected chi connectivity index (χ0v) is 14.3. The second-order valence-corrected chi connectivity index (χ2v) is 8.05. The number of aryl methyl sites for hydroxylation is 1. The lowest BCUT2D eigenvalue weighted by Crippen LogP contribution is -2.48. The highest BCUT2D eigenvalue weighted by Crippen LogP contribution is 2.25. The molecule has 0 unspecified atom stereocenters. The molecule has 126 valence electrons. The number of aliphatic carboxylic acids is 1. The van der Waals surface area contributed by atoms with Gasteiger partial charge in [-0.3, -0.25) is 4.79 Å². The zero-order chi connectivity index (χ0) is 17.4. The van der Waals surface area contributed by atoms with Crippen LogP contribution in [0, 0.1) is 13.8 Å². The Morgan fingerprint density at radius 3 is 2.43 bits per heavy atom. The molecule has 1 saturated heterocycles. The van der Waals surface area contributed by atoms with Crippen LogP contribution >= 0.6 is 0 Å². The molecule has 1 aromatic rings. The highest BCUT2D eigenvalue weighted by atomic mass is 32.2. The van der Waals surface area contributed by atoms with Gasteiger partial charge in [-0.15, -0.1) is 0 Å². The van der Waals surface area contributed by atoms with Gasteiger partial charge < -0.3 is 10.0 Å². The number of carboxylic acids is 1.